The van der Waals surface area contributed by atoms with Crippen molar-refractivity contribution < 1.29 is 9.59 Å². The lowest BCUT2D eigenvalue weighted by Crippen LogP contribution is -2.48. The highest BCUT2D eigenvalue weighted by molar-refractivity contribution is 9.10. The van der Waals surface area contributed by atoms with E-state index in [1.165, 1.54) is 12.8 Å². The predicted octanol–water partition coefficient (Wildman–Crippen LogP) is 4.25. The van der Waals surface area contributed by atoms with E-state index in [1.807, 2.05) is 12.1 Å². The van der Waals surface area contributed by atoms with Gasteiger partial charge in [-0.05, 0) is 51.0 Å². The molecular weight excluding hydrogens is 356 g/mol. The summed E-state index contributed by atoms with van der Waals surface area (Å²) in [6.45, 7) is 3.35. The molecule has 2 N–H and O–H groups in total. The van der Waals surface area contributed by atoms with Gasteiger partial charge in [0.25, 0.3) is 0 Å². The number of hydrogen-bond donors (Lipinski definition) is 2. The maximum atomic E-state index is 12.6. The van der Waals surface area contributed by atoms with Gasteiger partial charge in [0, 0.05) is 16.2 Å². The largest absolute Gasteiger partial charge is 0.352 e. The Morgan fingerprint density at radius 3 is 2.13 bits per heavy atom. The first-order chi connectivity index (χ1) is 10.9. The number of nitrogens with one attached hydrogen (secondary N) is 2. The molecule has 0 aliphatic heterocycles. The molecule has 0 saturated heterocycles. The molecule has 1 aromatic rings. The van der Waals surface area contributed by atoms with E-state index in [9.17, 15) is 9.59 Å². The predicted molar refractivity (Wildman–Crippen MR) is 96.2 cm³/mol. The number of anilines is 1. The molecule has 0 atom stereocenters. The van der Waals surface area contributed by atoms with Crippen molar-refractivity contribution in [2.24, 2.45) is 5.41 Å². The fraction of sp³-hybridized carbons (Fsp3) is 0.556. The molecule has 126 valence electrons. The molecule has 4 nitrogen and oxygen atoms in total. The minimum Gasteiger partial charge on any atom is -0.352 e. The standard InChI is InChI=1S/C18H25BrN2O2/c1-18(2,16(22)20-14-7-5-3-4-6-8-14)17(23)21-15-11-9-13(19)10-12-15/h9-12,14H,3-8H2,1-2H3,(H,20,22)(H,21,23). The minimum absolute atomic E-state index is 0.195. The first-order valence-electron chi connectivity index (χ1n) is 8.27. The van der Waals surface area contributed by atoms with Crippen molar-refractivity contribution in [1.82, 2.24) is 5.32 Å². The first-order valence-corrected chi connectivity index (χ1v) is 9.07. The van der Waals surface area contributed by atoms with Gasteiger partial charge >= 0.3 is 0 Å². The van der Waals surface area contributed by atoms with Gasteiger partial charge in [-0.1, -0.05) is 41.6 Å². The molecule has 1 fully saturated rings. The van der Waals surface area contributed by atoms with Crippen LogP contribution in [0.2, 0.25) is 0 Å². The lowest BCUT2D eigenvalue weighted by molar-refractivity contribution is -0.138. The van der Waals surface area contributed by atoms with Crippen LogP contribution < -0.4 is 10.6 Å². The van der Waals surface area contributed by atoms with Crippen LogP contribution in [0.1, 0.15) is 52.4 Å². The lowest BCUT2D eigenvalue weighted by atomic mass is 9.90. The molecule has 2 amide bonds. The van der Waals surface area contributed by atoms with Crippen molar-refractivity contribution in [2.75, 3.05) is 5.32 Å². The Morgan fingerprint density at radius 1 is 1.00 bits per heavy atom. The fourth-order valence-corrected chi connectivity index (χ4v) is 2.98. The third kappa shape index (κ3) is 5.06. The number of rotatable bonds is 4. The van der Waals surface area contributed by atoms with Crippen LogP contribution in [0.5, 0.6) is 0 Å². The van der Waals surface area contributed by atoms with E-state index in [0.29, 0.717) is 5.69 Å². The van der Waals surface area contributed by atoms with Crippen molar-refractivity contribution in [3.63, 3.8) is 0 Å². The second-order valence-electron chi connectivity index (χ2n) is 6.75. The van der Waals surface area contributed by atoms with E-state index in [4.69, 9.17) is 0 Å². The Morgan fingerprint density at radius 2 is 1.57 bits per heavy atom. The van der Waals surface area contributed by atoms with Crippen LogP contribution in [0.3, 0.4) is 0 Å². The van der Waals surface area contributed by atoms with Gasteiger partial charge in [-0.15, -0.1) is 0 Å². The maximum absolute atomic E-state index is 12.6. The normalized spacial score (nSPS) is 16.5. The van der Waals surface area contributed by atoms with Crippen LogP contribution in [-0.2, 0) is 9.59 Å². The number of benzene rings is 1. The van der Waals surface area contributed by atoms with Crippen LogP contribution in [0.25, 0.3) is 0 Å². The Balaban J connectivity index is 1.96. The molecule has 0 aromatic heterocycles. The molecule has 0 radical (unpaired) electrons. The van der Waals surface area contributed by atoms with Crippen LogP contribution in [0.4, 0.5) is 5.69 Å². The third-order valence-corrected chi connectivity index (χ3v) is 4.96. The summed E-state index contributed by atoms with van der Waals surface area (Å²) in [7, 11) is 0. The van der Waals surface area contributed by atoms with Crippen LogP contribution >= 0.6 is 15.9 Å². The van der Waals surface area contributed by atoms with E-state index in [0.717, 1.165) is 30.2 Å². The van der Waals surface area contributed by atoms with E-state index in [1.54, 1.807) is 26.0 Å². The monoisotopic (exact) mass is 380 g/mol. The van der Waals surface area contributed by atoms with E-state index < -0.39 is 5.41 Å². The topological polar surface area (TPSA) is 58.2 Å². The summed E-state index contributed by atoms with van der Waals surface area (Å²) in [6, 6.07) is 7.52. The Hall–Kier alpha value is -1.36. The fourth-order valence-electron chi connectivity index (χ4n) is 2.71. The summed E-state index contributed by atoms with van der Waals surface area (Å²) >= 11 is 3.36. The summed E-state index contributed by atoms with van der Waals surface area (Å²) in [5.41, 5.74) is -0.409. The molecule has 1 aromatic carbocycles. The van der Waals surface area contributed by atoms with Crippen molar-refractivity contribution in [3.8, 4) is 0 Å². The second-order valence-corrected chi connectivity index (χ2v) is 7.66. The molecule has 0 heterocycles. The number of halogens is 1. The molecule has 1 aliphatic rings. The molecule has 5 heteroatoms. The van der Waals surface area contributed by atoms with Crippen LogP contribution in [0, 0.1) is 5.41 Å². The third-order valence-electron chi connectivity index (χ3n) is 4.43. The Labute approximate surface area is 146 Å². The highest BCUT2D eigenvalue weighted by Crippen LogP contribution is 2.23. The van der Waals surface area contributed by atoms with Gasteiger partial charge in [0.2, 0.25) is 11.8 Å². The minimum atomic E-state index is -1.10. The van der Waals surface area contributed by atoms with Gasteiger partial charge in [0.1, 0.15) is 5.41 Å². The summed E-state index contributed by atoms with van der Waals surface area (Å²) in [4.78, 5) is 25.0. The van der Waals surface area contributed by atoms with Gasteiger partial charge in [-0.3, -0.25) is 9.59 Å². The lowest BCUT2D eigenvalue weighted by Gasteiger charge is -2.26. The van der Waals surface area contributed by atoms with E-state index >= 15 is 0 Å². The van der Waals surface area contributed by atoms with Crippen molar-refractivity contribution in [1.29, 1.82) is 0 Å². The van der Waals surface area contributed by atoms with Gasteiger partial charge in [-0.2, -0.15) is 0 Å². The molecule has 1 aliphatic carbocycles. The summed E-state index contributed by atoms with van der Waals surface area (Å²) in [5.74, 6) is -0.482. The van der Waals surface area contributed by atoms with Gasteiger partial charge < -0.3 is 10.6 Å². The molecule has 0 unspecified atom stereocenters. The number of amides is 2. The molecular formula is C18H25BrN2O2. The van der Waals surface area contributed by atoms with Gasteiger partial charge in [-0.25, -0.2) is 0 Å². The van der Waals surface area contributed by atoms with Gasteiger partial charge in [0.15, 0.2) is 0 Å². The number of hydrogen-bond acceptors (Lipinski definition) is 2. The summed E-state index contributed by atoms with van der Waals surface area (Å²) in [5, 5.41) is 5.89. The highest BCUT2D eigenvalue weighted by atomic mass is 79.9. The van der Waals surface area contributed by atoms with E-state index in [2.05, 4.69) is 26.6 Å². The quantitative estimate of drug-likeness (QED) is 0.605. The van der Waals surface area contributed by atoms with Crippen molar-refractivity contribution in [3.05, 3.63) is 28.7 Å². The SMILES string of the molecule is CC(C)(C(=O)Nc1ccc(Br)cc1)C(=O)NC1CCCCCC1. The second kappa shape index (κ2) is 7.95. The molecule has 2 rings (SSSR count). The van der Waals surface area contributed by atoms with Crippen molar-refractivity contribution >= 4 is 33.4 Å². The van der Waals surface area contributed by atoms with Crippen LogP contribution in [0.15, 0.2) is 28.7 Å². The van der Waals surface area contributed by atoms with Crippen molar-refractivity contribution in [2.45, 2.75) is 58.4 Å². The average Bonchev–Trinajstić information content (AvgIpc) is 2.78. The summed E-state index contributed by atoms with van der Waals surface area (Å²) < 4.78 is 0.945. The van der Waals surface area contributed by atoms with E-state index in [-0.39, 0.29) is 17.9 Å². The number of carbonyl (C=O) groups is 2. The first kappa shape index (κ1) is 18.0. The number of carbonyl (C=O) groups excluding carboxylic acids is 2. The molecule has 0 spiro atoms. The molecule has 1 saturated carbocycles. The maximum Gasteiger partial charge on any atom is 0.239 e. The Kier molecular flexibility index (Phi) is 6.22. The zero-order chi connectivity index (χ0) is 16.9. The molecule has 23 heavy (non-hydrogen) atoms. The zero-order valence-corrected chi connectivity index (χ0v) is 15.4. The average molecular weight is 381 g/mol. The zero-order valence-electron chi connectivity index (χ0n) is 13.8. The highest BCUT2D eigenvalue weighted by Gasteiger charge is 2.37. The van der Waals surface area contributed by atoms with Gasteiger partial charge in [0.05, 0.1) is 0 Å². The van der Waals surface area contributed by atoms with Crippen LogP contribution in [-0.4, -0.2) is 17.9 Å². The smallest absolute Gasteiger partial charge is 0.239 e. The summed E-state index contributed by atoms with van der Waals surface area (Å²) in [6.07, 6.45) is 6.79. The Bertz CT molecular complexity index is 547. The molecule has 0 bridgehead atoms.